The van der Waals surface area contributed by atoms with Gasteiger partial charge in [-0.15, -0.1) is 0 Å². The van der Waals surface area contributed by atoms with E-state index in [4.69, 9.17) is 9.47 Å². The molecule has 0 amide bonds. The number of rotatable bonds is 12. The van der Waals surface area contributed by atoms with Gasteiger partial charge in [0.2, 0.25) is 0 Å². The summed E-state index contributed by atoms with van der Waals surface area (Å²) < 4.78 is 78.6. The van der Waals surface area contributed by atoms with Gasteiger partial charge in [-0.2, -0.15) is 35.4 Å². The molecule has 0 bridgehead atoms. The van der Waals surface area contributed by atoms with E-state index in [1.54, 1.807) is 12.1 Å². The lowest BCUT2D eigenvalue weighted by Gasteiger charge is -2.37. The normalized spacial score (nSPS) is 20.7. The van der Waals surface area contributed by atoms with E-state index in [0.717, 1.165) is 48.2 Å². The Morgan fingerprint density at radius 3 is 2.34 bits per heavy atom. The Morgan fingerprint density at radius 1 is 0.977 bits per heavy atom. The summed E-state index contributed by atoms with van der Waals surface area (Å²) in [6.45, 7) is 0.702. The van der Waals surface area contributed by atoms with Crippen LogP contribution in [0.15, 0.2) is 42.5 Å². The highest BCUT2D eigenvalue weighted by Gasteiger charge is 2.58. The summed E-state index contributed by atoms with van der Waals surface area (Å²) in [5, 5.41) is 9.35. The fourth-order valence-electron chi connectivity index (χ4n) is 6.55. The average molecular weight is 645 g/mol. The monoisotopic (exact) mass is 644 g/mol. The third-order valence-corrected chi connectivity index (χ3v) is 9.09. The largest absolute Gasteiger partial charge is 0.497 e. The van der Waals surface area contributed by atoms with E-state index in [9.17, 15) is 31.9 Å². The molecule has 1 N–H and O–H groups in total. The van der Waals surface area contributed by atoms with Crippen molar-refractivity contribution in [1.29, 1.82) is 0 Å². The first-order valence-electron chi connectivity index (χ1n) is 15.0. The van der Waals surface area contributed by atoms with Crippen LogP contribution in [-0.2, 0) is 4.79 Å². The van der Waals surface area contributed by atoms with Crippen molar-refractivity contribution in [1.82, 2.24) is 4.90 Å². The minimum absolute atomic E-state index is 0. The van der Waals surface area contributed by atoms with Crippen LogP contribution in [0.1, 0.15) is 68.0 Å². The van der Waals surface area contributed by atoms with E-state index < -0.39 is 30.7 Å². The Morgan fingerprint density at radius 2 is 1.70 bits per heavy atom. The van der Waals surface area contributed by atoms with Crippen LogP contribution in [0, 0.1) is 11.8 Å². The molecule has 2 aromatic carbocycles. The second kappa shape index (κ2) is 14.1. The second-order valence-electron chi connectivity index (χ2n) is 12.1. The molecular formula is C32H41F5N2O4S. The van der Waals surface area contributed by atoms with E-state index >= 15 is 0 Å². The molecule has 0 spiro atoms. The molecule has 1 unspecified atom stereocenters. The molecule has 2 aromatic rings. The van der Waals surface area contributed by atoms with Gasteiger partial charge in [0.15, 0.2) is 0 Å². The summed E-state index contributed by atoms with van der Waals surface area (Å²) in [5.74, 6) is -3.57. The first-order valence-corrected chi connectivity index (χ1v) is 15.0. The van der Waals surface area contributed by atoms with Gasteiger partial charge in [-0.1, -0.05) is 18.2 Å². The first-order chi connectivity index (χ1) is 20.4. The third kappa shape index (κ3) is 8.10. The molecule has 3 fully saturated rings. The van der Waals surface area contributed by atoms with Gasteiger partial charge >= 0.3 is 18.1 Å². The number of carbonyl (C=O) groups is 1. The lowest BCUT2D eigenvalue weighted by Crippen LogP contribution is -2.47. The fourth-order valence-corrected chi connectivity index (χ4v) is 6.55. The molecule has 12 heteroatoms. The molecule has 5 rings (SSSR count). The number of ether oxygens (including phenoxy) is 2. The van der Waals surface area contributed by atoms with Crippen molar-refractivity contribution in [3.63, 3.8) is 0 Å². The second-order valence-corrected chi connectivity index (χ2v) is 12.1. The fraction of sp³-hybridized carbons (Fsp3) is 0.594. The average Bonchev–Trinajstić information content (AvgIpc) is 3.72. The highest BCUT2D eigenvalue weighted by atomic mass is 32.1. The van der Waals surface area contributed by atoms with Crippen molar-refractivity contribution in [2.45, 2.75) is 69.0 Å². The summed E-state index contributed by atoms with van der Waals surface area (Å²) in [4.78, 5) is 14.8. The number of piperidine rings is 1. The molecule has 1 aliphatic carbocycles. The van der Waals surface area contributed by atoms with Gasteiger partial charge in [-0.3, -0.25) is 9.69 Å². The molecule has 2 aliphatic heterocycles. The number of likely N-dealkylation sites (tertiary alicyclic amines) is 1. The molecule has 0 aromatic heterocycles. The van der Waals surface area contributed by atoms with E-state index in [2.05, 4.69) is 4.90 Å². The minimum Gasteiger partial charge on any atom is -0.497 e. The van der Waals surface area contributed by atoms with Crippen LogP contribution in [0.2, 0.25) is 0 Å². The van der Waals surface area contributed by atoms with Gasteiger partial charge < -0.3 is 19.5 Å². The molecule has 2 heterocycles. The predicted molar refractivity (Wildman–Crippen MR) is 163 cm³/mol. The standard InChI is InChI=1S/C32H39F5N2O4.H2S/c1-42-24-9-10-26(28-6-3-13-39(28)20-31(33,34)32(35,36)37)29(17-24)38-14-11-21(12-15-38)19-43-25-5-2-4-23(16-25)27(18-30(40)41)22-7-8-22;/h2,4-5,9-10,16-17,21-22,27-28H,3,6-8,11-15,18-20H2,1H3,(H,40,41);1H2/t27-,28?;/m0./s1. The van der Waals surface area contributed by atoms with Crippen molar-refractivity contribution in [3.8, 4) is 11.5 Å². The number of carboxylic acids is 1. The molecule has 6 nitrogen and oxygen atoms in total. The maximum Gasteiger partial charge on any atom is 0.454 e. The van der Waals surface area contributed by atoms with Crippen LogP contribution < -0.4 is 14.4 Å². The molecular weight excluding hydrogens is 603 g/mol. The molecule has 0 radical (unpaired) electrons. The number of alkyl halides is 5. The zero-order valence-corrected chi connectivity index (χ0v) is 25.8. The van der Waals surface area contributed by atoms with Crippen LogP contribution >= 0.6 is 13.5 Å². The maximum absolute atomic E-state index is 14.0. The van der Waals surface area contributed by atoms with Crippen molar-refractivity contribution in [3.05, 3.63) is 53.6 Å². The smallest absolute Gasteiger partial charge is 0.454 e. The summed E-state index contributed by atoms with van der Waals surface area (Å²) in [6.07, 6.45) is -0.688. The third-order valence-electron chi connectivity index (χ3n) is 9.09. The lowest BCUT2D eigenvalue weighted by molar-refractivity contribution is -0.287. The Balaban J connectivity index is 0.00000442. The zero-order chi connectivity index (χ0) is 30.8. The van der Waals surface area contributed by atoms with Crippen molar-refractivity contribution in [2.24, 2.45) is 11.8 Å². The Kier molecular flexibility index (Phi) is 11.0. The number of hydrogen-bond donors (Lipinski definition) is 1. The first kappa shape index (κ1) is 34.1. The number of hydrogen-bond acceptors (Lipinski definition) is 5. The van der Waals surface area contributed by atoms with Crippen molar-refractivity contribution < 1.29 is 41.3 Å². The highest BCUT2D eigenvalue weighted by molar-refractivity contribution is 7.59. The zero-order valence-electron chi connectivity index (χ0n) is 24.8. The number of methoxy groups -OCH3 is 1. The number of anilines is 1. The molecule has 244 valence electrons. The lowest BCUT2D eigenvalue weighted by atomic mass is 9.91. The van der Waals surface area contributed by atoms with Gasteiger partial charge in [0.1, 0.15) is 11.5 Å². The Labute approximate surface area is 261 Å². The van der Waals surface area contributed by atoms with Gasteiger partial charge in [0.25, 0.3) is 0 Å². The van der Waals surface area contributed by atoms with Gasteiger partial charge in [0.05, 0.1) is 26.7 Å². The van der Waals surface area contributed by atoms with Crippen LogP contribution in [0.3, 0.4) is 0 Å². The summed E-state index contributed by atoms with van der Waals surface area (Å²) >= 11 is 0. The number of nitrogens with zero attached hydrogens (tertiary/aromatic N) is 2. The Bertz CT molecular complexity index is 1270. The van der Waals surface area contributed by atoms with E-state index in [-0.39, 0.29) is 38.3 Å². The predicted octanol–water partition coefficient (Wildman–Crippen LogP) is 7.41. The number of halogens is 5. The SMILES string of the molecule is COc1ccc(C2CCCN2CC(F)(F)C(F)(F)F)c(N2CCC(COc3cccc([C@@H](CC(=O)O)C4CC4)c3)CC2)c1.S. The van der Waals surface area contributed by atoms with E-state index in [1.165, 1.54) is 12.0 Å². The van der Waals surface area contributed by atoms with E-state index in [0.29, 0.717) is 44.2 Å². The van der Waals surface area contributed by atoms with Crippen LogP contribution in [0.25, 0.3) is 0 Å². The molecule has 2 atom stereocenters. The van der Waals surface area contributed by atoms with Crippen LogP contribution in [0.4, 0.5) is 27.6 Å². The van der Waals surface area contributed by atoms with Gasteiger partial charge in [0, 0.05) is 30.9 Å². The number of aliphatic carboxylic acids is 1. The molecule has 3 aliphatic rings. The van der Waals surface area contributed by atoms with E-state index in [1.807, 2.05) is 30.3 Å². The van der Waals surface area contributed by atoms with Gasteiger partial charge in [-0.05, 0) is 92.1 Å². The molecule has 2 saturated heterocycles. The number of carboxylic acid groups (broad SMARTS) is 1. The Hall–Kier alpha value is -2.73. The molecule has 44 heavy (non-hydrogen) atoms. The summed E-state index contributed by atoms with van der Waals surface area (Å²) in [6, 6.07) is 12.6. The van der Waals surface area contributed by atoms with Crippen LogP contribution in [0.5, 0.6) is 11.5 Å². The summed E-state index contributed by atoms with van der Waals surface area (Å²) in [7, 11) is 1.54. The van der Waals surface area contributed by atoms with Gasteiger partial charge in [-0.25, -0.2) is 0 Å². The van der Waals surface area contributed by atoms with Crippen molar-refractivity contribution >= 4 is 25.2 Å². The topological polar surface area (TPSA) is 62.2 Å². The van der Waals surface area contributed by atoms with Crippen LogP contribution in [-0.4, -0.2) is 68.0 Å². The molecule has 1 saturated carbocycles. The minimum atomic E-state index is -5.59. The highest BCUT2D eigenvalue weighted by Crippen LogP contribution is 2.46. The number of benzene rings is 2. The summed E-state index contributed by atoms with van der Waals surface area (Å²) in [5.41, 5.74) is 2.55. The quantitative estimate of drug-likeness (QED) is 0.243. The van der Waals surface area contributed by atoms with Crippen molar-refractivity contribution in [2.75, 3.05) is 44.8 Å². The maximum atomic E-state index is 14.0.